The maximum Gasteiger partial charge on any atom is 0.189 e. The molecule has 3 aliphatic rings. The van der Waals surface area contributed by atoms with Crippen molar-refractivity contribution in [3.05, 3.63) is 11.6 Å². The van der Waals surface area contributed by atoms with Crippen LogP contribution in [-0.4, -0.2) is 93.6 Å². The second kappa shape index (κ2) is 7.32. The summed E-state index contributed by atoms with van der Waals surface area (Å²) in [5.41, 5.74) is 0.585. The smallest absolute Gasteiger partial charge is 0.189 e. The van der Waals surface area contributed by atoms with Gasteiger partial charge in [-0.05, 0) is 12.0 Å². The van der Waals surface area contributed by atoms with Gasteiger partial charge >= 0.3 is 0 Å². The standard InChI is InChI=1S/C15H24O9/c16-4-6-3-8(18)7-1-2-22-14(10(6)7)24-15-13(21)12(20)11(19)9(5-17)23-15/h3,7-21H,1-2,4-5H2/t7-,8-,9+,10+,11-,12-,13+,14-,15+/m0/s1. The van der Waals surface area contributed by atoms with Crippen molar-refractivity contribution in [1.29, 1.82) is 0 Å². The number of fused-ring (bicyclic) bond motifs is 1. The molecule has 3 rings (SSSR count). The molecule has 0 radical (unpaired) electrons. The Morgan fingerprint density at radius 3 is 2.46 bits per heavy atom. The first-order chi connectivity index (χ1) is 11.5. The van der Waals surface area contributed by atoms with Crippen LogP contribution in [-0.2, 0) is 14.2 Å². The van der Waals surface area contributed by atoms with E-state index in [-0.39, 0.29) is 12.5 Å². The Bertz CT molecular complexity index is 468. The summed E-state index contributed by atoms with van der Waals surface area (Å²) in [7, 11) is 0. The molecule has 0 saturated carbocycles. The summed E-state index contributed by atoms with van der Waals surface area (Å²) >= 11 is 0. The van der Waals surface area contributed by atoms with Gasteiger partial charge in [0.25, 0.3) is 0 Å². The third kappa shape index (κ3) is 3.12. The number of hydrogen-bond acceptors (Lipinski definition) is 9. The molecule has 138 valence electrons. The second-order valence-corrected chi connectivity index (χ2v) is 6.44. The lowest BCUT2D eigenvalue weighted by atomic mass is 9.85. The number of hydrogen-bond donors (Lipinski definition) is 6. The molecule has 0 aromatic carbocycles. The molecule has 9 heteroatoms. The summed E-state index contributed by atoms with van der Waals surface area (Å²) in [5.74, 6) is -0.568. The van der Waals surface area contributed by atoms with Crippen molar-refractivity contribution >= 4 is 0 Å². The van der Waals surface area contributed by atoms with E-state index in [1.807, 2.05) is 0 Å². The highest BCUT2D eigenvalue weighted by Crippen LogP contribution is 2.42. The molecule has 2 heterocycles. The summed E-state index contributed by atoms with van der Waals surface area (Å²) in [5, 5.41) is 58.4. The monoisotopic (exact) mass is 348 g/mol. The normalized spacial score (nSPS) is 48.9. The Hall–Kier alpha value is -0.620. The Morgan fingerprint density at radius 1 is 1.04 bits per heavy atom. The quantitative estimate of drug-likeness (QED) is 0.294. The fourth-order valence-corrected chi connectivity index (χ4v) is 3.69. The molecular weight excluding hydrogens is 324 g/mol. The third-order valence-electron chi connectivity index (χ3n) is 5.04. The molecule has 6 N–H and O–H groups in total. The van der Waals surface area contributed by atoms with Crippen molar-refractivity contribution in [3.63, 3.8) is 0 Å². The fourth-order valence-electron chi connectivity index (χ4n) is 3.69. The molecule has 0 aromatic heterocycles. The minimum absolute atomic E-state index is 0.171. The van der Waals surface area contributed by atoms with Gasteiger partial charge in [-0.25, -0.2) is 0 Å². The van der Waals surface area contributed by atoms with E-state index in [0.717, 1.165) is 0 Å². The maximum atomic E-state index is 10.1. The van der Waals surface area contributed by atoms with Gasteiger partial charge in [0, 0.05) is 11.8 Å². The predicted molar refractivity (Wildman–Crippen MR) is 77.4 cm³/mol. The largest absolute Gasteiger partial charge is 0.394 e. The molecule has 2 saturated heterocycles. The molecule has 9 nitrogen and oxygen atoms in total. The zero-order valence-corrected chi connectivity index (χ0v) is 13.0. The first kappa shape index (κ1) is 18.2. The van der Waals surface area contributed by atoms with Gasteiger partial charge in [0.05, 0.1) is 25.9 Å². The van der Waals surface area contributed by atoms with E-state index in [9.17, 15) is 30.6 Å². The SMILES string of the molecule is OCC1=C[C@H](O)[C@@H]2CCO[C@@H](O[C@H]3O[C@H](CO)[C@H](O)[C@H](O)[C@H]3O)[C@H]12. The van der Waals surface area contributed by atoms with Crippen LogP contribution in [0, 0.1) is 11.8 Å². The average molecular weight is 348 g/mol. The van der Waals surface area contributed by atoms with Gasteiger partial charge in [-0.1, -0.05) is 6.08 Å². The van der Waals surface area contributed by atoms with Crippen LogP contribution in [0.5, 0.6) is 0 Å². The minimum Gasteiger partial charge on any atom is -0.394 e. The number of ether oxygens (including phenoxy) is 3. The minimum atomic E-state index is -1.54. The first-order valence-electron chi connectivity index (χ1n) is 8.05. The Labute approximate surface area is 138 Å². The lowest BCUT2D eigenvalue weighted by Crippen LogP contribution is -2.60. The topological polar surface area (TPSA) is 149 Å². The van der Waals surface area contributed by atoms with E-state index in [1.165, 1.54) is 0 Å². The molecule has 0 aromatic rings. The summed E-state index contributed by atoms with van der Waals surface area (Å²) in [6.45, 7) is -0.480. The van der Waals surface area contributed by atoms with Crippen molar-refractivity contribution in [2.75, 3.05) is 19.8 Å². The van der Waals surface area contributed by atoms with Gasteiger partial charge in [0.2, 0.25) is 0 Å². The second-order valence-electron chi connectivity index (χ2n) is 6.44. The fraction of sp³-hybridized carbons (Fsp3) is 0.867. The Kier molecular flexibility index (Phi) is 5.55. The molecule has 2 aliphatic heterocycles. The van der Waals surface area contributed by atoms with Crippen molar-refractivity contribution in [1.82, 2.24) is 0 Å². The van der Waals surface area contributed by atoms with Gasteiger partial charge in [-0.3, -0.25) is 0 Å². The predicted octanol–water partition coefficient (Wildman–Crippen LogP) is -2.93. The van der Waals surface area contributed by atoms with Crippen LogP contribution in [0.25, 0.3) is 0 Å². The molecule has 2 fully saturated rings. The van der Waals surface area contributed by atoms with E-state index >= 15 is 0 Å². The highest BCUT2D eigenvalue weighted by atomic mass is 16.8. The summed E-state index contributed by atoms with van der Waals surface area (Å²) in [6, 6.07) is 0. The van der Waals surface area contributed by atoms with Gasteiger partial charge in [0.15, 0.2) is 12.6 Å². The molecule has 0 amide bonds. The number of rotatable bonds is 4. The summed E-state index contributed by atoms with van der Waals surface area (Å²) in [4.78, 5) is 0. The number of aliphatic hydroxyl groups excluding tert-OH is 6. The highest BCUT2D eigenvalue weighted by Gasteiger charge is 2.49. The zero-order valence-electron chi connectivity index (χ0n) is 13.0. The van der Waals surface area contributed by atoms with E-state index in [0.29, 0.717) is 18.6 Å². The molecule has 1 aliphatic carbocycles. The van der Waals surface area contributed by atoms with Crippen LogP contribution in [0.3, 0.4) is 0 Å². The summed E-state index contributed by atoms with van der Waals surface area (Å²) < 4.78 is 16.5. The van der Waals surface area contributed by atoms with Crippen molar-refractivity contribution < 1.29 is 44.8 Å². The van der Waals surface area contributed by atoms with Crippen LogP contribution < -0.4 is 0 Å². The Balaban J connectivity index is 1.73. The Morgan fingerprint density at radius 2 is 1.79 bits per heavy atom. The van der Waals surface area contributed by atoms with Crippen LogP contribution in [0.4, 0.5) is 0 Å². The van der Waals surface area contributed by atoms with E-state index in [2.05, 4.69) is 0 Å². The molecule has 9 atom stereocenters. The van der Waals surface area contributed by atoms with Gasteiger partial charge in [-0.2, -0.15) is 0 Å². The van der Waals surface area contributed by atoms with Crippen molar-refractivity contribution in [3.8, 4) is 0 Å². The zero-order chi connectivity index (χ0) is 17.4. The van der Waals surface area contributed by atoms with Crippen molar-refractivity contribution in [2.45, 2.75) is 49.5 Å². The van der Waals surface area contributed by atoms with E-state index in [4.69, 9.17) is 14.2 Å². The first-order valence-corrected chi connectivity index (χ1v) is 8.05. The van der Waals surface area contributed by atoms with Crippen LogP contribution >= 0.6 is 0 Å². The number of aliphatic hydroxyl groups is 6. The van der Waals surface area contributed by atoms with Crippen LogP contribution in [0.2, 0.25) is 0 Å². The summed E-state index contributed by atoms with van der Waals surface area (Å²) in [6.07, 6.45) is -6.35. The van der Waals surface area contributed by atoms with Crippen LogP contribution in [0.1, 0.15) is 6.42 Å². The molecule has 0 spiro atoms. The lowest BCUT2D eigenvalue weighted by Gasteiger charge is -2.43. The van der Waals surface area contributed by atoms with Gasteiger partial charge < -0.3 is 44.8 Å². The van der Waals surface area contributed by atoms with Crippen LogP contribution in [0.15, 0.2) is 11.6 Å². The third-order valence-corrected chi connectivity index (χ3v) is 5.04. The van der Waals surface area contributed by atoms with Gasteiger partial charge in [0.1, 0.15) is 24.4 Å². The maximum absolute atomic E-state index is 10.1. The average Bonchev–Trinajstić information content (AvgIpc) is 2.92. The lowest BCUT2D eigenvalue weighted by molar-refractivity contribution is -0.350. The molecular formula is C15H24O9. The van der Waals surface area contributed by atoms with Crippen molar-refractivity contribution in [2.24, 2.45) is 11.8 Å². The highest BCUT2D eigenvalue weighted by molar-refractivity contribution is 5.21. The molecule has 24 heavy (non-hydrogen) atoms. The van der Waals surface area contributed by atoms with E-state index in [1.54, 1.807) is 6.08 Å². The van der Waals surface area contributed by atoms with Gasteiger partial charge in [-0.15, -0.1) is 0 Å². The molecule has 0 bridgehead atoms. The van der Waals surface area contributed by atoms with E-state index < -0.39 is 55.6 Å². The molecule has 0 unspecified atom stereocenters.